The predicted molar refractivity (Wildman–Crippen MR) is 71.6 cm³/mol. The smallest absolute Gasteiger partial charge is 0.260 e. The molecule has 0 aromatic heterocycles. The van der Waals surface area contributed by atoms with Gasteiger partial charge in [0.25, 0.3) is 5.91 Å². The highest BCUT2D eigenvalue weighted by Gasteiger charge is 2.32. The first-order valence-electron chi connectivity index (χ1n) is 6.50. The molecule has 0 saturated heterocycles. The maximum Gasteiger partial charge on any atom is 0.260 e. The van der Waals surface area contributed by atoms with E-state index in [-0.39, 0.29) is 18.6 Å². The lowest BCUT2D eigenvalue weighted by Gasteiger charge is -2.24. The van der Waals surface area contributed by atoms with Gasteiger partial charge in [0, 0.05) is 13.1 Å². The van der Waals surface area contributed by atoms with Crippen LogP contribution in [0.1, 0.15) is 25.3 Å². The summed E-state index contributed by atoms with van der Waals surface area (Å²) in [5.41, 5.74) is 0.582. The van der Waals surface area contributed by atoms with E-state index in [0.29, 0.717) is 17.2 Å². The van der Waals surface area contributed by atoms with E-state index in [1.165, 1.54) is 12.8 Å². The average Bonchev–Trinajstić information content (AvgIpc) is 3.28. The van der Waals surface area contributed by atoms with Crippen LogP contribution in [-0.2, 0) is 4.79 Å². The Balaban J connectivity index is 1.83. The molecule has 1 aliphatic rings. The first kappa shape index (κ1) is 13.4. The molecule has 4 nitrogen and oxygen atoms in total. The van der Waals surface area contributed by atoms with Crippen molar-refractivity contribution < 1.29 is 9.53 Å². The summed E-state index contributed by atoms with van der Waals surface area (Å²) in [6, 6.07) is 9.09. The third kappa shape index (κ3) is 3.47. The molecule has 1 amide bonds. The van der Waals surface area contributed by atoms with Crippen molar-refractivity contribution in [3.8, 4) is 11.8 Å². The van der Waals surface area contributed by atoms with Crippen LogP contribution in [0, 0.1) is 17.2 Å². The minimum absolute atomic E-state index is 0.0104. The fourth-order valence-corrected chi connectivity index (χ4v) is 1.99. The highest BCUT2D eigenvalue weighted by atomic mass is 16.5. The van der Waals surface area contributed by atoms with Crippen LogP contribution in [0.15, 0.2) is 24.3 Å². The van der Waals surface area contributed by atoms with Crippen LogP contribution < -0.4 is 4.74 Å². The van der Waals surface area contributed by atoms with Crippen LogP contribution in [0.5, 0.6) is 5.75 Å². The third-order valence-electron chi connectivity index (χ3n) is 3.65. The van der Waals surface area contributed by atoms with Gasteiger partial charge in [-0.15, -0.1) is 0 Å². The molecule has 2 rings (SSSR count). The summed E-state index contributed by atoms with van der Waals surface area (Å²) in [6.07, 6.45) is 2.44. The van der Waals surface area contributed by atoms with Crippen LogP contribution in [0.3, 0.4) is 0 Å². The fraction of sp³-hybridized carbons (Fsp3) is 0.467. The van der Waals surface area contributed by atoms with E-state index in [9.17, 15) is 4.79 Å². The minimum Gasteiger partial charge on any atom is -0.484 e. The van der Waals surface area contributed by atoms with Crippen molar-refractivity contribution >= 4 is 5.91 Å². The van der Waals surface area contributed by atoms with Gasteiger partial charge in [-0.1, -0.05) is 0 Å². The molecular weight excluding hydrogens is 240 g/mol. The van der Waals surface area contributed by atoms with E-state index >= 15 is 0 Å². The van der Waals surface area contributed by atoms with Gasteiger partial charge in [0.15, 0.2) is 6.61 Å². The Labute approximate surface area is 113 Å². The van der Waals surface area contributed by atoms with E-state index in [4.69, 9.17) is 10.00 Å². The van der Waals surface area contributed by atoms with Crippen LogP contribution in [0.25, 0.3) is 0 Å². The Hall–Kier alpha value is -2.02. The molecule has 0 heterocycles. The van der Waals surface area contributed by atoms with Gasteiger partial charge in [-0.25, -0.2) is 0 Å². The average molecular weight is 258 g/mol. The molecule has 0 radical (unpaired) electrons. The molecule has 1 aromatic rings. The van der Waals surface area contributed by atoms with Gasteiger partial charge < -0.3 is 9.64 Å². The monoisotopic (exact) mass is 258 g/mol. The summed E-state index contributed by atoms with van der Waals surface area (Å²) in [7, 11) is 1.83. The molecule has 19 heavy (non-hydrogen) atoms. The standard InChI is InChI=1S/C15H18N2O2/c1-11(13-5-6-13)17(2)15(18)10-19-14-7-3-12(9-16)4-8-14/h3-4,7-8,11,13H,5-6,10H2,1-2H3/t11-/m0/s1. The zero-order valence-corrected chi connectivity index (χ0v) is 11.3. The van der Waals surface area contributed by atoms with Gasteiger partial charge in [-0.2, -0.15) is 5.26 Å². The molecular formula is C15H18N2O2. The second-order valence-corrected chi connectivity index (χ2v) is 5.01. The topological polar surface area (TPSA) is 53.3 Å². The molecule has 0 aliphatic heterocycles. The van der Waals surface area contributed by atoms with Crippen molar-refractivity contribution in [3.63, 3.8) is 0 Å². The van der Waals surface area contributed by atoms with Gasteiger partial charge in [0.05, 0.1) is 11.6 Å². The molecule has 1 aromatic carbocycles. The summed E-state index contributed by atoms with van der Waals surface area (Å²) in [5.74, 6) is 1.26. The second-order valence-electron chi connectivity index (χ2n) is 5.01. The van der Waals surface area contributed by atoms with Crippen LogP contribution in [-0.4, -0.2) is 30.5 Å². The number of nitrogens with zero attached hydrogens (tertiary/aromatic N) is 2. The predicted octanol–water partition coefficient (Wildman–Crippen LogP) is 2.19. The summed E-state index contributed by atoms with van der Waals surface area (Å²) >= 11 is 0. The van der Waals surface area contributed by atoms with Crippen molar-refractivity contribution in [1.29, 1.82) is 5.26 Å². The van der Waals surface area contributed by atoms with Crippen LogP contribution in [0.4, 0.5) is 0 Å². The van der Waals surface area contributed by atoms with E-state index in [1.807, 2.05) is 13.1 Å². The summed E-state index contributed by atoms with van der Waals surface area (Å²) in [4.78, 5) is 13.7. The summed E-state index contributed by atoms with van der Waals surface area (Å²) in [6.45, 7) is 2.12. The van der Waals surface area contributed by atoms with Gasteiger partial charge in [-0.05, 0) is 49.9 Å². The second kappa shape index (κ2) is 5.75. The normalized spacial score (nSPS) is 15.4. The van der Waals surface area contributed by atoms with Gasteiger partial charge in [-0.3, -0.25) is 4.79 Å². The zero-order chi connectivity index (χ0) is 13.8. The molecule has 0 unspecified atom stereocenters. The molecule has 1 fully saturated rings. The Morgan fingerprint density at radius 3 is 2.63 bits per heavy atom. The molecule has 1 aliphatic carbocycles. The number of amides is 1. The van der Waals surface area contributed by atoms with Gasteiger partial charge >= 0.3 is 0 Å². The van der Waals surface area contributed by atoms with Crippen LogP contribution in [0.2, 0.25) is 0 Å². The lowest BCUT2D eigenvalue weighted by atomic mass is 10.2. The Bertz CT molecular complexity index is 486. The molecule has 4 heteroatoms. The number of likely N-dealkylation sites (N-methyl/N-ethyl adjacent to an activating group) is 1. The molecule has 0 spiro atoms. The van der Waals surface area contributed by atoms with Crippen LogP contribution >= 0.6 is 0 Å². The molecule has 0 N–H and O–H groups in total. The fourth-order valence-electron chi connectivity index (χ4n) is 1.99. The number of benzene rings is 1. The molecule has 1 atom stereocenters. The van der Waals surface area contributed by atoms with E-state index in [1.54, 1.807) is 29.2 Å². The minimum atomic E-state index is -0.0104. The van der Waals surface area contributed by atoms with E-state index < -0.39 is 0 Å². The van der Waals surface area contributed by atoms with Crippen molar-refractivity contribution in [3.05, 3.63) is 29.8 Å². The van der Waals surface area contributed by atoms with Crippen molar-refractivity contribution in [2.45, 2.75) is 25.8 Å². The number of ether oxygens (including phenoxy) is 1. The Morgan fingerprint density at radius 2 is 2.11 bits per heavy atom. The molecule has 100 valence electrons. The van der Waals surface area contributed by atoms with Crippen molar-refractivity contribution in [1.82, 2.24) is 4.90 Å². The number of carbonyl (C=O) groups excluding carboxylic acids is 1. The quantitative estimate of drug-likeness (QED) is 0.813. The summed E-state index contributed by atoms with van der Waals surface area (Å²) in [5, 5.41) is 8.69. The maximum atomic E-state index is 12.0. The van der Waals surface area contributed by atoms with E-state index in [0.717, 1.165) is 0 Å². The van der Waals surface area contributed by atoms with Crippen molar-refractivity contribution in [2.24, 2.45) is 5.92 Å². The number of rotatable bonds is 5. The Kier molecular flexibility index (Phi) is 4.06. The largest absolute Gasteiger partial charge is 0.484 e. The van der Waals surface area contributed by atoms with Gasteiger partial charge in [0.2, 0.25) is 0 Å². The van der Waals surface area contributed by atoms with Gasteiger partial charge in [0.1, 0.15) is 5.75 Å². The number of carbonyl (C=O) groups is 1. The van der Waals surface area contributed by atoms with E-state index in [2.05, 4.69) is 6.92 Å². The Morgan fingerprint density at radius 1 is 1.47 bits per heavy atom. The lowest BCUT2D eigenvalue weighted by Crippen LogP contribution is -2.39. The SMILES string of the molecule is C[C@@H](C1CC1)N(C)C(=O)COc1ccc(C#N)cc1. The number of nitriles is 1. The third-order valence-corrected chi connectivity index (χ3v) is 3.65. The first-order chi connectivity index (χ1) is 9.11. The first-order valence-corrected chi connectivity index (χ1v) is 6.50. The highest BCUT2D eigenvalue weighted by molar-refractivity contribution is 5.77. The van der Waals surface area contributed by atoms with Crippen molar-refractivity contribution in [2.75, 3.05) is 13.7 Å². The number of hydrogen-bond donors (Lipinski definition) is 0. The maximum absolute atomic E-state index is 12.0. The number of hydrogen-bond acceptors (Lipinski definition) is 3. The highest BCUT2D eigenvalue weighted by Crippen LogP contribution is 2.34. The molecule has 0 bridgehead atoms. The summed E-state index contributed by atoms with van der Waals surface area (Å²) < 4.78 is 5.44. The zero-order valence-electron chi connectivity index (χ0n) is 11.3. The molecule has 1 saturated carbocycles. The lowest BCUT2D eigenvalue weighted by molar-refractivity contribution is -0.134.